The summed E-state index contributed by atoms with van der Waals surface area (Å²) in [5, 5.41) is 13.3. The number of nitriles is 1. The van der Waals surface area contributed by atoms with Gasteiger partial charge in [-0.3, -0.25) is 4.79 Å². The molecule has 3 rings (SSSR count). The van der Waals surface area contributed by atoms with Crippen molar-refractivity contribution in [2.45, 2.75) is 19.4 Å². The van der Waals surface area contributed by atoms with Gasteiger partial charge in [0, 0.05) is 0 Å². The van der Waals surface area contributed by atoms with E-state index < -0.39 is 11.8 Å². The van der Waals surface area contributed by atoms with E-state index in [0.717, 1.165) is 11.1 Å². The fraction of sp³-hybridized carbons (Fsp3) is 0.160. The quantitative estimate of drug-likeness (QED) is 0.416. The van der Waals surface area contributed by atoms with Crippen molar-refractivity contribution in [3.05, 3.63) is 95.6 Å². The number of amides is 1. The number of nitrogens with zero attached hydrogens (tertiary/aromatic N) is 2. The Bertz CT molecular complexity index is 1060. The van der Waals surface area contributed by atoms with Crippen LogP contribution in [0.3, 0.4) is 0 Å². The average molecular weight is 413 g/mol. The van der Waals surface area contributed by atoms with Gasteiger partial charge in [-0.2, -0.15) is 10.4 Å². The molecule has 1 N–H and O–H groups in total. The number of hydrogen-bond acceptors (Lipinski definition) is 5. The summed E-state index contributed by atoms with van der Waals surface area (Å²) in [5.74, 6) is -0.197. The van der Waals surface area contributed by atoms with Gasteiger partial charge < -0.3 is 9.47 Å². The fourth-order valence-corrected chi connectivity index (χ4v) is 2.89. The van der Waals surface area contributed by atoms with E-state index in [1.54, 1.807) is 36.4 Å². The SMILES string of the molecule is CCOc1cc(/C=N\NC(=O)[C@@H](C#N)c2ccccc2)ccc1OCc1ccccc1. The van der Waals surface area contributed by atoms with E-state index in [1.165, 1.54) is 6.21 Å². The minimum Gasteiger partial charge on any atom is -0.490 e. The number of hydrogen-bond donors (Lipinski definition) is 1. The van der Waals surface area contributed by atoms with Crippen LogP contribution in [0.4, 0.5) is 0 Å². The molecule has 0 radical (unpaired) electrons. The maximum absolute atomic E-state index is 12.3. The maximum Gasteiger partial charge on any atom is 0.261 e. The van der Waals surface area contributed by atoms with Crippen LogP contribution in [0.15, 0.2) is 84.0 Å². The molecule has 0 unspecified atom stereocenters. The van der Waals surface area contributed by atoms with E-state index >= 15 is 0 Å². The number of nitrogens with one attached hydrogen (secondary N) is 1. The first-order valence-electron chi connectivity index (χ1n) is 9.92. The Kier molecular flexibility index (Phi) is 7.78. The Hall–Kier alpha value is -4.11. The van der Waals surface area contributed by atoms with Crippen LogP contribution in [0.1, 0.15) is 29.5 Å². The fourth-order valence-electron chi connectivity index (χ4n) is 2.89. The maximum atomic E-state index is 12.3. The number of benzene rings is 3. The molecule has 0 aliphatic heterocycles. The minimum absolute atomic E-state index is 0.430. The zero-order valence-electron chi connectivity index (χ0n) is 17.2. The molecule has 0 aliphatic carbocycles. The molecule has 0 aromatic heterocycles. The van der Waals surface area contributed by atoms with Crippen LogP contribution in [0.5, 0.6) is 11.5 Å². The number of hydrazone groups is 1. The lowest BCUT2D eigenvalue weighted by atomic mass is 10.0. The molecule has 1 amide bonds. The van der Waals surface area contributed by atoms with Crippen molar-refractivity contribution in [1.82, 2.24) is 5.43 Å². The largest absolute Gasteiger partial charge is 0.490 e. The third-order valence-electron chi connectivity index (χ3n) is 4.42. The Morgan fingerprint density at radius 1 is 1.03 bits per heavy atom. The first-order valence-corrected chi connectivity index (χ1v) is 9.92. The Morgan fingerprint density at radius 3 is 2.42 bits per heavy atom. The second-order valence-corrected chi connectivity index (χ2v) is 6.62. The molecule has 6 heteroatoms. The molecule has 0 saturated carbocycles. The van der Waals surface area contributed by atoms with E-state index in [-0.39, 0.29) is 0 Å². The van der Waals surface area contributed by atoms with Crippen molar-refractivity contribution < 1.29 is 14.3 Å². The van der Waals surface area contributed by atoms with Crippen molar-refractivity contribution in [3.8, 4) is 17.6 Å². The Labute approximate surface area is 181 Å². The average Bonchev–Trinajstić information content (AvgIpc) is 2.81. The molecular formula is C25H23N3O3. The van der Waals surface area contributed by atoms with Gasteiger partial charge in [0.25, 0.3) is 5.91 Å². The van der Waals surface area contributed by atoms with Gasteiger partial charge in [0.05, 0.1) is 18.9 Å². The summed E-state index contributed by atoms with van der Waals surface area (Å²) in [6.45, 7) is 2.81. The Balaban J connectivity index is 1.65. The standard InChI is InChI=1S/C25H23N3O3/c1-2-30-24-15-20(13-14-23(24)31-18-19-9-5-3-6-10-19)17-27-28-25(29)22(16-26)21-11-7-4-8-12-21/h3-15,17,22H,2,18H2,1H3,(H,28,29)/b27-17-/t22-/m0/s1. The summed E-state index contributed by atoms with van der Waals surface area (Å²) in [6, 6.07) is 26.2. The topological polar surface area (TPSA) is 83.7 Å². The number of rotatable bonds is 9. The first-order chi connectivity index (χ1) is 15.2. The zero-order valence-corrected chi connectivity index (χ0v) is 17.2. The smallest absolute Gasteiger partial charge is 0.261 e. The second-order valence-electron chi connectivity index (χ2n) is 6.62. The predicted octanol–water partition coefficient (Wildman–Crippen LogP) is 4.42. The van der Waals surface area contributed by atoms with E-state index in [9.17, 15) is 10.1 Å². The lowest BCUT2D eigenvalue weighted by Gasteiger charge is -2.12. The van der Waals surface area contributed by atoms with Gasteiger partial charge in [-0.25, -0.2) is 5.43 Å². The molecule has 0 heterocycles. The molecule has 156 valence electrons. The van der Waals surface area contributed by atoms with Crippen molar-refractivity contribution in [2.75, 3.05) is 6.61 Å². The van der Waals surface area contributed by atoms with Crippen molar-refractivity contribution in [3.63, 3.8) is 0 Å². The second kappa shape index (κ2) is 11.2. The van der Waals surface area contributed by atoms with Crippen LogP contribution >= 0.6 is 0 Å². The van der Waals surface area contributed by atoms with Gasteiger partial charge >= 0.3 is 0 Å². The minimum atomic E-state index is -0.925. The molecule has 3 aromatic carbocycles. The summed E-state index contributed by atoms with van der Waals surface area (Å²) in [7, 11) is 0. The molecule has 1 atom stereocenters. The van der Waals surface area contributed by atoms with Crippen molar-refractivity contribution >= 4 is 12.1 Å². The van der Waals surface area contributed by atoms with Crippen LogP contribution in [0.2, 0.25) is 0 Å². The molecule has 0 saturated heterocycles. The highest BCUT2D eigenvalue weighted by molar-refractivity contribution is 5.88. The molecular weight excluding hydrogens is 390 g/mol. The highest BCUT2D eigenvalue weighted by Gasteiger charge is 2.19. The number of ether oxygens (including phenoxy) is 2. The first kappa shape index (κ1) is 21.6. The van der Waals surface area contributed by atoms with E-state index in [2.05, 4.69) is 10.5 Å². The molecule has 31 heavy (non-hydrogen) atoms. The normalized spacial score (nSPS) is 11.5. The molecule has 0 fully saturated rings. The predicted molar refractivity (Wildman–Crippen MR) is 119 cm³/mol. The number of carbonyl (C=O) groups is 1. The molecule has 0 aliphatic rings. The number of carbonyl (C=O) groups excluding carboxylic acids is 1. The van der Waals surface area contributed by atoms with Crippen LogP contribution in [0, 0.1) is 11.3 Å². The van der Waals surface area contributed by atoms with Gasteiger partial charge in [0.1, 0.15) is 6.61 Å². The Morgan fingerprint density at radius 2 is 1.74 bits per heavy atom. The van der Waals surface area contributed by atoms with Crippen molar-refractivity contribution in [2.24, 2.45) is 5.10 Å². The van der Waals surface area contributed by atoms with Gasteiger partial charge in [0.15, 0.2) is 17.4 Å². The molecule has 0 spiro atoms. The molecule has 3 aromatic rings. The van der Waals surface area contributed by atoms with Crippen molar-refractivity contribution in [1.29, 1.82) is 5.26 Å². The van der Waals surface area contributed by atoms with Crippen LogP contribution in [-0.4, -0.2) is 18.7 Å². The van der Waals surface area contributed by atoms with E-state index in [4.69, 9.17) is 9.47 Å². The molecule has 0 bridgehead atoms. The van der Waals surface area contributed by atoms with Gasteiger partial charge in [-0.05, 0) is 41.8 Å². The summed E-state index contributed by atoms with van der Waals surface area (Å²) in [6.07, 6.45) is 1.50. The summed E-state index contributed by atoms with van der Waals surface area (Å²) in [5.41, 5.74) is 4.84. The van der Waals surface area contributed by atoms with Gasteiger partial charge in [-0.15, -0.1) is 0 Å². The van der Waals surface area contributed by atoms with Crippen LogP contribution in [-0.2, 0) is 11.4 Å². The lowest BCUT2D eigenvalue weighted by molar-refractivity contribution is -0.121. The third kappa shape index (κ3) is 6.18. The highest BCUT2D eigenvalue weighted by Crippen LogP contribution is 2.29. The third-order valence-corrected chi connectivity index (χ3v) is 4.42. The van der Waals surface area contributed by atoms with E-state index in [0.29, 0.717) is 30.3 Å². The summed E-state index contributed by atoms with van der Waals surface area (Å²) in [4.78, 5) is 12.3. The van der Waals surface area contributed by atoms with Crippen LogP contribution < -0.4 is 14.9 Å². The van der Waals surface area contributed by atoms with E-state index in [1.807, 2.05) is 55.5 Å². The van der Waals surface area contributed by atoms with Gasteiger partial charge in [0.2, 0.25) is 0 Å². The monoisotopic (exact) mass is 413 g/mol. The van der Waals surface area contributed by atoms with Crippen LogP contribution in [0.25, 0.3) is 0 Å². The zero-order chi connectivity index (χ0) is 21.9. The van der Waals surface area contributed by atoms with Gasteiger partial charge in [-0.1, -0.05) is 60.7 Å². The highest BCUT2D eigenvalue weighted by atomic mass is 16.5. The summed E-state index contributed by atoms with van der Waals surface area (Å²) >= 11 is 0. The lowest BCUT2D eigenvalue weighted by Crippen LogP contribution is -2.24. The molecule has 6 nitrogen and oxygen atoms in total. The summed E-state index contributed by atoms with van der Waals surface area (Å²) < 4.78 is 11.6.